The Bertz CT molecular complexity index is 688. The second-order valence-electron chi connectivity index (χ2n) is 4.44. The van der Waals surface area contributed by atoms with Crippen molar-refractivity contribution < 1.29 is 8.83 Å². The quantitative estimate of drug-likeness (QED) is 0.787. The summed E-state index contributed by atoms with van der Waals surface area (Å²) in [5.74, 6) is 1.67. The first kappa shape index (κ1) is 12.6. The number of aryl methyl sites for hydroxylation is 1. The van der Waals surface area contributed by atoms with Crippen molar-refractivity contribution in [1.82, 2.24) is 10.2 Å². The molecule has 2 aromatic heterocycles. The summed E-state index contributed by atoms with van der Waals surface area (Å²) in [5, 5.41) is 8.10. The fraction of sp³-hybridized carbons (Fsp3) is 0.200. The molecule has 3 aromatic rings. The molecule has 0 aliphatic carbocycles. The van der Waals surface area contributed by atoms with Crippen LogP contribution in [0.2, 0.25) is 0 Å². The number of furan rings is 1. The maximum absolute atomic E-state index is 6.13. The molecule has 2 N–H and O–H groups in total. The van der Waals surface area contributed by atoms with E-state index < -0.39 is 6.04 Å². The summed E-state index contributed by atoms with van der Waals surface area (Å²) < 4.78 is 11.0. The van der Waals surface area contributed by atoms with E-state index in [4.69, 9.17) is 14.6 Å². The number of benzene rings is 1. The van der Waals surface area contributed by atoms with Crippen LogP contribution in [0.25, 0.3) is 11.5 Å². The number of rotatable bonds is 4. The predicted molar refractivity (Wildman–Crippen MR) is 73.9 cm³/mol. The second kappa shape index (κ2) is 5.30. The first-order valence-electron chi connectivity index (χ1n) is 6.50. The molecule has 20 heavy (non-hydrogen) atoms. The van der Waals surface area contributed by atoms with Gasteiger partial charge < -0.3 is 14.6 Å². The molecule has 1 aromatic carbocycles. The van der Waals surface area contributed by atoms with Crippen molar-refractivity contribution >= 4 is 0 Å². The smallest absolute Gasteiger partial charge is 0.251 e. The van der Waals surface area contributed by atoms with Crippen molar-refractivity contribution in [2.75, 3.05) is 0 Å². The van der Waals surface area contributed by atoms with Crippen molar-refractivity contribution in [2.45, 2.75) is 19.4 Å². The summed E-state index contributed by atoms with van der Waals surface area (Å²) in [7, 11) is 0. The summed E-state index contributed by atoms with van der Waals surface area (Å²) in [6.45, 7) is 2.01. The predicted octanol–water partition coefficient (Wildman–Crippen LogP) is 2.94. The minimum Gasteiger partial charge on any atom is -0.469 e. The molecule has 0 fully saturated rings. The van der Waals surface area contributed by atoms with Gasteiger partial charge in [0.2, 0.25) is 5.89 Å². The molecule has 3 rings (SSSR count). The van der Waals surface area contributed by atoms with Crippen LogP contribution >= 0.6 is 0 Å². The molecule has 1 unspecified atom stereocenters. The molecule has 5 heteroatoms. The standard InChI is InChI=1S/C15H15N3O2/c1-2-12-11(8-9-19-12)14-17-18-15(20-14)13(16)10-6-4-3-5-7-10/h3-9,13H,2,16H2,1H3. The van der Waals surface area contributed by atoms with Crippen LogP contribution < -0.4 is 5.73 Å². The Morgan fingerprint density at radius 2 is 1.95 bits per heavy atom. The van der Waals surface area contributed by atoms with Crippen molar-refractivity contribution in [3.63, 3.8) is 0 Å². The number of hydrogen-bond donors (Lipinski definition) is 1. The molecule has 0 aliphatic heterocycles. The summed E-state index contributed by atoms with van der Waals surface area (Å²) in [4.78, 5) is 0. The summed E-state index contributed by atoms with van der Waals surface area (Å²) >= 11 is 0. The maximum atomic E-state index is 6.13. The highest BCUT2D eigenvalue weighted by molar-refractivity contribution is 5.55. The average Bonchev–Trinajstić information content (AvgIpc) is 3.15. The van der Waals surface area contributed by atoms with E-state index in [1.807, 2.05) is 43.3 Å². The fourth-order valence-corrected chi connectivity index (χ4v) is 2.08. The van der Waals surface area contributed by atoms with E-state index in [1.54, 1.807) is 6.26 Å². The van der Waals surface area contributed by atoms with E-state index in [0.717, 1.165) is 23.3 Å². The van der Waals surface area contributed by atoms with Crippen molar-refractivity contribution in [1.29, 1.82) is 0 Å². The number of aromatic nitrogens is 2. The highest BCUT2D eigenvalue weighted by Gasteiger charge is 2.19. The third kappa shape index (κ3) is 2.23. The molecule has 0 bridgehead atoms. The van der Waals surface area contributed by atoms with Crippen LogP contribution in [0.4, 0.5) is 0 Å². The summed E-state index contributed by atoms with van der Waals surface area (Å²) in [6, 6.07) is 11.1. The molecule has 0 saturated heterocycles. The molecule has 0 amide bonds. The molecule has 5 nitrogen and oxygen atoms in total. The van der Waals surface area contributed by atoms with Gasteiger partial charge in [-0.1, -0.05) is 37.3 Å². The van der Waals surface area contributed by atoms with Gasteiger partial charge in [0.05, 0.1) is 11.8 Å². The van der Waals surface area contributed by atoms with E-state index in [1.165, 1.54) is 0 Å². The minimum absolute atomic E-state index is 0.398. The van der Waals surface area contributed by atoms with E-state index in [2.05, 4.69) is 10.2 Å². The first-order chi connectivity index (χ1) is 9.79. The van der Waals surface area contributed by atoms with Gasteiger partial charge in [-0.05, 0) is 11.6 Å². The number of hydrogen-bond acceptors (Lipinski definition) is 5. The monoisotopic (exact) mass is 269 g/mol. The molecule has 0 aliphatic rings. The van der Waals surface area contributed by atoms with Gasteiger partial charge >= 0.3 is 0 Å². The zero-order chi connectivity index (χ0) is 13.9. The third-order valence-corrected chi connectivity index (χ3v) is 3.16. The molecular formula is C15H15N3O2. The van der Waals surface area contributed by atoms with Crippen LogP contribution in [-0.2, 0) is 6.42 Å². The molecular weight excluding hydrogens is 254 g/mol. The van der Waals surface area contributed by atoms with Gasteiger partial charge in [0, 0.05) is 6.42 Å². The van der Waals surface area contributed by atoms with Gasteiger partial charge in [-0.2, -0.15) is 0 Å². The second-order valence-corrected chi connectivity index (χ2v) is 4.44. The largest absolute Gasteiger partial charge is 0.469 e. The minimum atomic E-state index is -0.422. The molecule has 0 saturated carbocycles. The van der Waals surface area contributed by atoms with E-state index in [9.17, 15) is 0 Å². The highest BCUT2D eigenvalue weighted by atomic mass is 16.4. The normalized spacial score (nSPS) is 12.5. The van der Waals surface area contributed by atoms with Gasteiger partial charge in [-0.15, -0.1) is 10.2 Å². The fourth-order valence-electron chi connectivity index (χ4n) is 2.08. The van der Waals surface area contributed by atoms with Gasteiger partial charge in [0.1, 0.15) is 11.8 Å². The van der Waals surface area contributed by atoms with Crippen LogP contribution in [0.1, 0.15) is 30.2 Å². The molecule has 1 atom stereocenters. The Balaban J connectivity index is 1.91. The van der Waals surface area contributed by atoms with Crippen LogP contribution in [-0.4, -0.2) is 10.2 Å². The van der Waals surface area contributed by atoms with Crippen LogP contribution in [0.3, 0.4) is 0 Å². The highest BCUT2D eigenvalue weighted by Crippen LogP contribution is 2.26. The van der Waals surface area contributed by atoms with Crippen LogP contribution in [0.15, 0.2) is 51.5 Å². The van der Waals surface area contributed by atoms with Gasteiger partial charge in [-0.25, -0.2) is 0 Å². The number of nitrogens with zero attached hydrogens (tertiary/aromatic N) is 2. The van der Waals surface area contributed by atoms with Crippen molar-refractivity contribution in [3.05, 3.63) is 59.9 Å². The van der Waals surface area contributed by atoms with Gasteiger partial charge in [0.15, 0.2) is 0 Å². The Morgan fingerprint density at radius 1 is 1.15 bits per heavy atom. The van der Waals surface area contributed by atoms with E-state index in [0.29, 0.717) is 11.8 Å². The topological polar surface area (TPSA) is 78.1 Å². The zero-order valence-electron chi connectivity index (χ0n) is 11.1. The van der Waals surface area contributed by atoms with E-state index >= 15 is 0 Å². The van der Waals surface area contributed by atoms with Gasteiger partial charge in [0.25, 0.3) is 5.89 Å². The van der Waals surface area contributed by atoms with Crippen LogP contribution in [0.5, 0.6) is 0 Å². The Hall–Kier alpha value is -2.40. The van der Waals surface area contributed by atoms with Crippen LogP contribution in [0, 0.1) is 0 Å². The van der Waals surface area contributed by atoms with Crippen molar-refractivity contribution in [3.8, 4) is 11.5 Å². The van der Waals surface area contributed by atoms with Gasteiger partial charge in [-0.3, -0.25) is 0 Å². The molecule has 0 radical (unpaired) electrons. The maximum Gasteiger partial charge on any atom is 0.251 e. The lowest BCUT2D eigenvalue weighted by Gasteiger charge is -2.06. The molecule has 2 heterocycles. The summed E-state index contributed by atoms with van der Waals surface area (Å²) in [5.41, 5.74) is 7.90. The third-order valence-electron chi connectivity index (χ3n) is 3.16. The van der Waals surface area contributed by atoms with E-state index in [-0.39, 0.29) is 0 Å². The first-order valence-corrected chi connectivity index (χ1v) is 6.50. The lowest BCUT2D eigenvalue weighted by atomic mass is 10.1. The van der Waals surface area contributed by atoms with Crippen molar-refractivity contribution in [2.24, 2.45) is 5.73 Å². The molecule has 102 valence electrons. The SMILES string of the molecule is CCc1occc1-c1nnc(C(N)c2ccccc2)o1. The zero-order valence-corrected chi connectivity index (χ0v) is 11.1. The Labute approximate surface area is 116 Å². The molecule has 0 spiro atoms. The average molecular weight is 269 g/mol. The Morgan fingerprint density at radius 3 is 2.70 bits per heavy atom. The lowest BCUT2D eigenvalue weighted by molar-refractivity contribution is 0.479. The Kier molecular flexibility index (Phi) is 3.35. The summed E-state index contributed by atoms with van der Waals surface area (Å²) in [6.07, 6.45) is 2.39. The number of nitrogens with two attached hydrogens (primary N) is 1. The lowest BCUT2D eigenvalue weighted by Crippen LogP contribution is -2.11.